The van der Waals surface area contributed by atoms with Crippen molar-refractivity contribution < 1.29 is 28.2 Å². The molecule has 3 aromatic rings. The standard InChI is InChI=1S/C25H29F2N5O4/c1-15(33)21(22(34)30-20-9-8-18-19(29-20)14-28-31-18)32(2)23(35)24(10-12-25(26,27)13-11-24)16-4-6-17(36-3)7-5-16/h4-9,14-15,21,33H,10-13H2,1-3H3,(H,28,31)(H,29,30,34)/t15-,21-/m1/s1. The fraction of sp³-hybridized carbons (Fsp3) is 0.440. The van der Waals surface area contributed by atoms with E-state index in [4.69, 9.17) is 4.74 Å². The summed E-state index contributed by atoms with van der Waals surface area (Å²) >= 11 is 0. The molecule has 36 heavy (non-hydrogen) atoms. The monoisotopic (exact) mass is 501 g/mol. The molecule has 2 heterocycles. The molecule has 3 N–H and O–H groups in total. The van der Waals surface area contributed by atoms with Gasteiger partial charge in [0.1, 0.15) is 23.1 Å². The molecular weight excluding hydrogens is 472 g/mol. The second kappa shape index (κ2) is 9.81. The molecule has 0 saturated heterocycles. The number of methoxy groups -OCH3 is 1. The lowest BCUT2D eigenvalue weighted by Gasteiger charge is -2.43. The van der Waals surface area contributed by atoms with Gasteiger partial charge in [-0.15, -0.1) is 0 Å². The maximum Gasteiger partial charge on any atom is 0.250 e. The van der Waals surface area contributed by atoms with E-state index in [-0.39, 0.29) is 18.7 Å². The van der Waals surface area contributed by atoms with Crippen LogP contribution in [0.2, 0.25) is 0 Å². The Morgan fingerprint density at radius 2 is 1.81 bits per heavy atom. The number of nitrogens with one attached hydrogen (secondary N) is 2. The normalized spacial score (nSPS) is 18.3. The maximum atomic E-state index is 14.1. The summed E-state index contributed by atoms with van der Waals surface area (Å²) < 4.78 is 33.5. The minimum atomic E-state index is -2.87. The van der Waals surface area contributed by atoms with Crippen LogP contribution in [-0.2, 0) is 15.0 Å². The quantitative estimate of drug-likeness (QED) is 0.457. The fourth-order valence-corrected chi connectivity index (χ4v) is 4.86. The number of amides is 2. The van der Waals surface area contributed by atoms with Gasteiger partial charge < -0.3 is 20.1 Å². The molecule has 192 valence electrons. The van der Waals surface area contributed by atoms with Crippen molar-refractivity contribution in [2.75, 3.05) is 19.5 Å². The van der Waals surface area contributed by atoms with Crippen LogP contribution < -0.4 is 10.1 Å². The molecule has 1 aliphatic carbocycles. The van der Waals surface area contributed by atoms with Crippen LogP contribution >= 0.6 is 0 Å². The first-order chi connectivity index (χ1) is 17.1. The number of alkyl halides is 2. The number of ether oxygens (including phenoxy) is 1. The lowest BCUT2D eigenvalue weighted by atomic mass is 9.67. The Morgan fingerprint density at radius 3 is 2.42 bits per heavy atom. The number of aromatic amines is 1. The molecule has 1 aromatic carbocycles. The highest BCUT2D eigenvalue weighted by Crippen LogP contribution is 2.47. The second-order valence-electron chi connectivity index (χ2n) is 9.26. The summed E-state index contributed by atoms with van der Waals surface area (Å²) in [5.74, 6) is -3.24. The summed E-state index contributed by atoms with van der Waals surface area (Å²) in [5, 5.41) is 19.8. The minimum absolute atomic E-state index is 0.0949. The molecule has 11 heteroatoms. The number of fused-ring (bicyclic) bond motifs is 1. The van der Waals surface area contributed by atoms with E-state index in [1.54, 1.807) is 36.4 Å². The number of aliphatic hydroxyl groups excluding tert-OH is 1. The van der Waals surface area contributed by atoms with Crippen molar-refractivity contribution in [1.29, 1.82) is 0 Å². The fourth-order valence-electron chi connectivity index (χ4n) is 4.86. The Hall–Kier alpha value is -3.60. The second-order valence-corrected chi connectivity index (χ2v) is 9.26. The molecule has 1 aliphatic rings. The highest BCUT2D eigenvalue weighted by atomic mass is 19.3. The summed E-state index contributed by atoms with van der Waals surface area (Å²) in [6, 6.07) is 8.71. The molecular formula is C25H29F2N5O4. The number of pyridine rings is 1. The predicted molar refractivity (Wildman–Crippen MR) is 129 cm³/mol. The van der Waals surface area contributed by atoms with Crippen molar-refractivity contribution in [1.82, 2.24) is 20.1 Å². The number of aliphatic hydroxyl groups is 1. The highest BCUT2D eigenvalue weighted by molar-refractivity contribution is 5.99. The number of aromatic nitrogens is 3. The van der Waals surface area contributed by atoms with Crippen molar-refractivity contribution >= 4 is 28.7 Å². The summed E-state index contributed by atoms with van der Waals surface area (Å²) in [6.45, 7) is 1.40. The molecule has 1 fully saturated rings. The van der Waals surface area contributed by atoms with E-state index < -0.39 is 48.1 Å². The third-order valence-corrected chi connectivity index (χ3v) is 6.90. The van der Waals surface area contributed by atoms with Crippen molar-refractivity contribution in [3.05, 3.63) is 48.2 Å². The number of carbonyl (C=O) groups excluding carboxylic acids is 2. The van der Waals surface area contributed by atoms with Gasteiger partial charge in [0, 0.05) is 19.9 Å². The van der Waals surface area contributed by atoms with Gasteiger partial charge in [-0.3, -0.25) is 14.7 Å². The van der Waals surface area contributed by atoms with E-state index in [1.165, 1.54) is 27.3 Å². The highest BCUT2D eigenvalue weighted by Gasteiger charge is 2.51. The molecule has 2 amide bonds. The number of rotatable bonds is 7. The number of carbonyl (C=O) groups is 2. The Labute approximate surface area is 206 Å². The van der Waals surface area contributed by atoms with Crippen LogP contribution in [0.3, 0.4) is 0 Å². The van der Waals surface area contributed by atoms with Gasteiger partial charge in [0.15, 0.2) is 0 Å². The summed E-state index contributed by atoms with van der Waals surface area (Å²) in [6.07, 6.45) is -0.846. The smallest absolute Gasteiger partial charge is 0.250 e. The first-order valence-corrected chi connectivity index (χ1v) is 11.6. The van der Waals surface area contributed by atoms with Gasteiger partial charge in [-0.2, -0.15) is 5.10 Å². The number of hydrogen-bond acceptors (Lipinski definition) is 6. The largest absolute Gasteiger partial charge is 0.497 e. The molecule has 0 bridgehead atoms. The van der Waals surface area contributed by atoms with Crippen LogP contribution in [0.15, 0.2) is 42.6 Å². The van der Waals surface area contributed by atoms with Crippen LogP contribution in [0.1, 0.15) is 38.2 Å². The molecule has 1 saturated carbocycles. The van der Waals surface area contributed by atoms with Gasteiger partial charge in [-0.1, -0.05) is 12.1 Å². The summed E-state index contributed by atoms with van der Waals surface area (Å²) in [4.78, 5) is 32.6. The zero-order valence-corrected chi connectivity index (χ0v) is 20.3. The summed E-state index contributed by atoms with van der Waals surface area (Å²) in [7, 11) is 2.92. The Bertz CT molecular complexity index is 1230. The Balaban J connectivity index is 1.63. The first kappa shape index (κ1) is 25.5. The first-order valence-electron chi connectivity index (χ1n) is 11.6. The average molecular weight is 502 g/mol. The van der Waals surface area contributed by atoms with Crippen molar-refractivity contribution in [3.8, 4) is 5.75 Å². The third-order valence-electron chi connectivity index (χ3n) is 6.90. The number of anilines is 1. The predicted octanol–water partition coefficient (Wildman–Crippen LogP) is 3.26. The number of H-pyrrole nitrogens is 1. The zero-order valence-electron chi connectivity index (χ0n) is 20.3. The molecule has 9 nitrogen and oxygen atoms in total. The maximum absolute atomic E-state index is 14.1. The average Bonchev–Trinajstić information content (AvgIpc) is 3.32. The molecule has 0 aliphatic heterocycles. The van der Waals surface area contributed by atoms with Crippen LogP contribution in [0, 0.1) is 0 Å². The van der Waals surface area contributed by atoms with Crippen LogP contribution in [0.5, 0.6) is 5.75 Å². The van der Waals surface area contributed by atoms with Gasteiger partial charge >= 0.3 is 0 Å². The van der Waals surface area contributed by atoms with Gasteiger partial charge in [0.25, 0.3) is 5.91 Å². The number of halogens is 2. The van der Waals surface area contributed by atoms with E-state index in [9.17, 15) is 23.5 Å². The lowest BCUT2D eigenvalue weighted by Crippen LogP contribution is -2.57. The van der Waals surface area contributed by atoms with E-state index >= 15 is 0 Å². The SMILES string of the molecule is COc1ccc(C2(C(=O)N(C)[C@@H](C(=O)Nc3ccc4[nH]ncc4n3)[C@@H](C)O)CCC(F)(F)CC2)cc1. The van der Waals surface area contributed by atoms with Crippen molar-refractivity contribution in [2.24, 2.45) is 0 Å². The van der Waals surface area contributed by atoms with Crippen molar-refractivity contribution in [2.45, 2.75) is 56.1 Å². The van der Waals surface area contributed by atoms with E-state index in [1.807, 2.05) is 0 Å². The molecule has 2 aromatic heterocycles. The molecule has 2 atom stereocenters. The van der Waals surface area contributed by atoms with Gasteiger partial charge in [0.2, 0.25) is 11.8 Å². The number of nitrogens with zero attached hydrogens (tertiary/aromatic N) is 3. The zero-order chi connectivity index (χ0) is 26.1. The Morgan fingerprint density at radius 1 is 1.14 bits per heavy atom. The number of hydrogen-bond donors (Lipinski definition) is 3. The molecule has 0 unspecified atom stereocenters. The topological polar surface area (TPSA) is 120 Å². The van der Waals surface area contributed by atoms with Gasteiger partial charge in [-0.25, -0.2) is 13.8 Å². The molecule has 4 rings (SSSR count). The van der Waals surface area contributed by atoms with E-state index in [0.29, 0.717) is 22.3 Å². The minimum Gasteiger partial charge on any atom is -0.497 e. The molecule has 0 spiro atoms. The third kappa shape index (κ3) is 4.88. The van der Waals surface area contributed by atoms with Crippen molar-refractivity contribution in [3.63, 3.8) is 0 Å². The van der Waals surface area contributed by atoms with Gasteiger partial charge in [-0.05, 0) is 49.6 Å². The number of benzene rings is 1. The molecule has 0 radical (unpaired) electrons. The van der Waals surface area contributed by atoms with Crippen LogP contribution in [-0.4, -0.2) is 69.2 Å². The van der Waals surface area contributed by atoms with Gasteiger partial charge in [0.05, 0.1) is 30.3 Å². The van der Waals surface area contributed by atoms with Crippen LogP contribution in [0.25, 0.3) is 11.0 Å². The summed E-state index contributed by atoms with van der Waals surface area (Å²) in [5.41, 5.74) is 0.507. The van der Waals surface area contributed by atoms with E-state index in [0.717, 1.165) is 4.90 Å². The lowest BCUT2D eigenvalue weighted by molar-refractivity contribution is -0.149. The Kier molecular flexibility index (Phi) is 6.94. The van der Waals surface area contributed by atoms with Crippen LogP contribution in [0.4, 0.5) is 14.6 Å². The number of likely N-dealkylation sites (N-methyl/N-ethyl adjacent to an activating group) is 1. The van der Waals surface area contributed by atoms with E-state index in [2.05, 4.69) is 20.5 Å².